The molecule has 0 aliphatic heterocycles. The van der Waals surface area contributed by atoms with Gasteiger partial charge in [-0.3, -0.25) is 4.79 Å². The highest BCUT2D eigenvalue weighted by Gasteiger charge is 2.16. The van der Waals surface area contributed by atoms with Gasteiger partial charge in [0.25, 0.3) is 0 Å². The van der Waals surface area contributed by atoms with Crippen molar-refractivity contribution in [3.8, 4) is 0 Å². The molecule has 0 amide bonds. The number of hydrogen-bond acceptors (Lipinski definition) is 2. The number of aliphatic hydroxyl groups is 1. The van der Waals surface area contributed by atoms with Gasteiger partial charge in [0.05, 0.1) is 5.92 Å². The third kappa shape index (κ3) is 11.4. The van der Waals surface area contributed by atoms with Gasteiger partial charge < -0.3 is 10.2 Å². The zero-order chi connectivity index (χ0) is 12.4. The summed E-state index contributed by atoms with van der Waals surface area (Å²) < 4.78 is 0. The summed E-state index contributed by atoms with van der Waals surface area (Å²) in [5, 5.41) is 16.7. The van der Waals surface area contributed by atoms with Gasteiger partial charge in [0.2, 0.25) is 0 Å². The summed E-state index contributed by atoms with van der Waals surface area (Å²) in [6, 6.07) is 0. The zero-order valence-corrected chi connectivity index (χ0v) is 10.7. The molecule has 0 saturated carbocycles. The van der Waals surface area contributed by atoms with Crippen molar-refractivity contribution in [2.75, 3.05) is 6.61 Å². The Bertz CT molecular complexity index is 155. The first-order valence-corrected chi connectivity index (χ1v) is 5.70. The van der Waals surface area contributed by atoms with Crippen LogP contribution < -0.4 is 0 Å². The van der Waals surface area contributed by atoms with Crippen LogP contribution in [0.2, 0.25) is 0 Å². The van der Waals surface area contributed by atoms with Crippen LogP contribution in [0.1, 0.15) is 47.5 Å². The van der Waals surface area contributed by atoms with E-state index in [2.05, 4.69) is 13.8 Å². The molecular weight excluding hydrogens is 192 g/mol. The van der Waals surface area contributed by atoms with Gasteiger partial charge in [-0.25, -0.2) is 0 Å². The monoisotopic (exact) mass is 218 g/mol. The molecule has 0 aromatic heterocycles. The third-order valence-corrected chi connectivity index (χ3v) is 2.59. The topological polar surface area (TPSA) is 57.5 Å². The van der Waals surface area contributed by atoms with Gasteiger partial charge in [-0.15, -0.1) is 0 Å². The SMILES string of the molecule is CC(C)CCO.CCC(C)C(C)C(=O)O. The number of carbonyl (C=O) groups is 1. The maximum absolute atomic E-state index is 10.3. The van der Waals surface area contributed by atoms with E-state index < -0.39 is 5.97 Å². The predicted molar refractivity (Wildman–Crippen MR) is 62.8 cm³/mol. The summed E-state index contributed by atoms with van der Waals surface area (Å²) >= 11 is 0. The average molecular weight is 218 g/mol. The van der Waals surface area contributed by atoms with E-state index in [9.17, 15) is 4.79 Å². The molecule has 0 aliphatic rings. The number of aliphatic carboxylic acids is 1. The fourth-order valence-corrected chi connectivity index (χ4v) is 0.855. The van der Waals surface area contributed by atoms with Crippen molar-refractivity contribution in [3.63, 3.8) is 0 Å². The van der Waals surface area contributed by atoms with Gasteiger partial charge >= 0.3 is 5.97 Å². The Balaban J connectivity index is 0. The van der Waals surface area contributed by atoms with Crippen LogP contribution in [0, 0.1) is 17.8 Å². The molecule has 0 heterocycles. The van der Waals surface area contributed by atoms with E-state index >= 15 is 0 Å². The van der Waals surface area contributed by atoms with Gasteiger partial charge in [-0.2, -0.15) is 0 Å². The Morgan fingerprint density at radius 3 is 1.73 bits per heavy atom. The molecule has 15 heavy (non-hydrogen) atoms. The van der Waals surface area contributed by atoms with Crippen LogP contribution in [0.25, 0.3) is 0 Å². The average Bonchev–Trinajstić information content (AvgIpc) is 2.16. The molecular formula is C12H26O3. The number of rotatable bonds is 5. The standard InChI is InChI=1S/C7H14O2.C5H12O/c1-4-5(2)6(3)7(8)9;1-5(2)3-4-6/h5-6H,4H2,1-3H3,(H,8,9);5-6H,3-4H2,1-2H3. The molecule has 2 atom stereocenters. The van der Waals surface area contributed by atoms with Gasteiger partial charge in [0.15, 0.2) is 0 Å². The van der Waals surface area contributed by atoms with Gasteiger partial charge in [-0.1, -0.05) is 41.0 Å². The van der Waals surface area contributed by atoms with Crippen LogP contribution in [0.15, 0.2) is 0 Å². The van der Waals surface area contributed by atoms with Crippen molar-refractivity contribution in [3.05, 3.63) is 0 Å². The van der Waals surface area contributed by atoms with Crippen molar-refractivity contribution in [1.29, 1.82) is 0 Å². The maximum Gasteiger partial charge on any atom is 0.306 e. The second-order valence-electron chi connectivity index (χ2n) is 4.42. The van der Waals surface area contributed by atoms with E-state index in [0.29, 0.717) is 18.4 Å². The second-order valence-corrected chi connectivity index (χ2v) is 4.42. The van der Waals surface area contributed by atoms with Crippen LogP contribution in [0.5, 0.6) is 0 Å². The Morgan fingerprint density at radius 2 is 1.67 bits per heavy atom. The van der Waals surface area contributed by atoms with Crippen molar-refractivity contribution < 1.29 is 15.0 Å². The minimum atomic E-state index is -0.690. The molecule has 3 nitrogen and oxygen atoms in total. The summed E-state index contributed by atoms with van der Waals surface area (Å²) in [5.74, 6) is 0.0526. The minimum Gasteiger partial charge on any atom is -0.481 e. The fraction of sp³-hybridized carbons (Fsp3) is 0.917. The van der Waals surface area contributed by atoms with Crippen LogP contribution in [-0.2, 0) is 4.79 Å². The summed E-state index contributed by atoms with van der Waals surface area (Å²) in [7, 11) is 0. The summed E-state index contributed by atoms with van der Waals surface area (Å²) in [6.45, 7) is 10.2. The van der Waals surface area contributed by atoms with Crippen molar-refractivity contribution in [1.82, 2.24) is 0 Å². The second kappa shape index (κ2) is 9.97. The summed E-state index contributed by atoms with van der Waals surface area (Å²) in [6.07, 6.45) is 1.87. The largest absolute Gasteiger partial charge is 0.481 e. The quantitative estimate of drug-likeness (QED) is 0.746. The molecule has 0 fully saturated rings. The van der Waals surface area contributed by atoms with E-state index in [-0.39, 0.29) is 5.92 Å². The van der Waals surface area contributed by atoms with Gasteiger partial charge in [0.1, 0.15) is 0 Å². The molecule has 0 spiro atoms. The first kappa shape index (κ1) is 16.8. The Kier molecular flexibility index (Phi) is 11.2. The Hall–Kier alpha value is -0.570. The molecule has 92 valence electrons. The highest BCUT2D eigenvalue weighted by atomic mass is 16.4. The number of aliphatic hydroxyl groups excluding tert-OH is 1. The highest BCUT2D eigenvalue weighted by molar-refractivity contribution is 5.69. The van der Waals surface area contributed by atoms with E-state index in [4.69, 9.17) is 10.2 Å². The number of carboxylic acid groups (broad SMARTS) is 1. The highest BCUT2D eigenvalue weighted by Crippen LogP contribution is 2.13. The molecule has 0 rings (SSSR count). The van der Waals surface area contributed by atoms with Crippen molar-refractivity contribution >= 4 is 5.97 Å². The van der Waals surface area contributed by atoms with E-state index in [1.807, 2.05) is 13.8 Å². The lowest BCUT2D eigenvalue weighted by Gasteiger charge is -2.11. The maximum atomic E-state index is 10.3. The Morgan fingerprint density at radius 1 is 1.20 bits per heavy atom. The molecule has 2 unspecified atom stereocenters. The fourth-order valence-electron chi connectivity index (χ4n) is 0.855. The lowest BCUT2D eigenvalue weighted by molar-refractivity contribution is -0.142. The van der Waals surface area contributed by atoms with Gasteiger partial charge in [-0.05, 0) is 18.3 Å². The zero-order valence-electron chi connectivity index (χ0n) is 10.7. The van der Waals surface area contributed by atoms with Crippen LogP contribution in [-0.4, -0.2) is 22.8 Å². The molecule has 0 saturated heterocycles. The van der Waals surface area contributed by atoms with E-state index in [1.54, 1.807) is 6.92 Å². The lowest BCUT2D eigenvalue weighted by atomic mass is 9.94. The van der Waals surface area contributed by atoms with E-state index in [0.717, 1.165) is 12.8 Å². The van der Waals surface area contributed by atoms with Crippen LogP contribution >= 0.6 is 0 Å². The third-order valence-electron chi connectivity index (χ3n) is 2.59. The first-order chi connectivity index (χ1) is 6.86. The lowest BCUT2D eigenvalue weighted by Crippen LogP contribution is -2.17. The molecule has 3 heteroatoms. The first-order valence-electron chi connectivity index (χ1n) is 5.70. The van der Waals surface area contributed by atoms with Gasteiger partial charge in [0, 0.05) is 6.61 Å². The smallest absolute Gasteiger partial charge is 0.306 e. The molecule has 0 bridgehead atoms. The van der Waals surface area contributed by atoms with Crippen LogP contribution in [0.4, 0.5) is 0 Å². The Labute approximate surface area is 93.5 Å². The van der Waals surface area contributed by atoms with Crippen molar-refractivity contribution in [2.45, 2.75) is 47.5 Å². The van der Waals surface area contributed by atoms with E-state index in [1.165, 1.54) is 0 Å². The molecule has 0 aromatic carbocycles. The molecule has 0 aromatic rings. The number of hydrogen-bond donors (Lipinski definition) is 2. The van der Waals surface area contributed by atoms with Crippen LogP contribution in [0.3, 0.4) is 0 Å². The normalized spacial score (nSPS) is 14.1. The predicted octanol–water partition coefficient (Wildman–Crippen LogP) is 2.78. The summed E-state index contributed by atoms with van der Waals surface area (Å²) in [5.41, 5.74) is 0. The summed E-state index contributed by atoms with van der Waals surface area (Å²) in [4.78, 5) is 10.3. The molecule has 0 radical (unpaired) electrons. The van der Waals surface area contributed by atoms with Crippen molar-refractivity contribution in [2.24, 2.45) is 17.8 Å². The minimum absolute atomic E-state index is 0.199. The molecule has 0 aliphatic carbocycles. The number of carboxylic acids is 1. The molecule has 2 N–H and O–H groups in total.